The van der Waals surface area contributed by atoms with Crippen LogP contribution in [0.1, 0.15) is 6.92 Å². The van der Waals surface area contributed by atoms with Gasteiger partial charge in [0.2, 0.25) is 10.0 Å². The number of sulfonamides is 1. The Labute approximate surface area is 106 Å². The smallest absolute Gasteiger partial charge is 0.245 e. The van der Waals surface area contributed by atoms with Crippen LogP contribution in [0.4, 0.5) is 10.1 Å². The predicted molar refractivity (Wildman–Crippen MR) is 67.1 cm³/mol. The van der Waals surface area contributed by atoms with E-state index < -0.39 is 20.7 Å². The number of hydrogen-bond acceptors (Lipinski definition) is 4. The fourth-order valence-corrected chi connectivity index (χ4v) is 2.76. The lowest BCUT2D eigenvalue weighted by Crippen LogP contribution is -2.34. The molecule has 0 aliphatic heterocycles. The number of halogens is 1. The van der Waals surface area contributed by atoms with E-state index in [1.807, 2.05) is 0 Å². The zero-order chi connectivity index (χ0) is 13.9. The molecule has 102 valence electrons. The Morgan fingerprint density at radius 1 is 1.50 bits per heavy atom. The Morgan fingerprint density at radius 2 is 2.11 bits per heavy atom. The molecule has 2 N–H and O–H groups in total. The highest BCUT2D eigenvalue weighted by Gasteiger charge is 2.25. The SMILES string of the molecule is COC(C)CN(C)S(=O)(=O)c1cc(N)ccc1F. The summed E-state index contributed by atoms with van der Waals surface area (Å²) in [6, 6.07) is 3.46. The maximum atomic E-state index is 13.6. The van der Waals surface area contributed by atoms with E-state index in [-0.39, 0.29) is 18.3 Å². The van der Waals surface area contributed by atoms with Crippen LogP contribution in [0.25, 0.3) is 0 Å². The van der Waals surface area contributed by atoms with Crippen molar-refractivity contribution in [1.82, 2.24) is 4.31 Å². The number of nitrogens with two attached hydrogens (primary N) is 1. The molecular weight excluding hydrogens is 259 g/mol. The van der Waals surface area contributed by atoms with Crippen LogP contribution in [-0.4, -0.2) is 39.5 Å². The number of hydrogen-bond donors (Lipinski definition) is 1. The molecule has 0 aromatic heterocycles. The maximum Gasteiger partial charge on any atom is 0.245 e. The Bertz CT molecular complexity index is 519. The summed E-state index contributed by atoms with van der Waals surface area (Å²) in [6.07, 6.45) is -0.283. The summed E-state index contributed by atoms with van der Waals surface area (Å²) in [6.45, 7) is 1.86. The minimum Gasteiger partial charge on any atom is -0.399 e. The maximum absolute atomic E-state index is 13.6. The standard InChI is InChI=1S/C11H17FN2O3S/c1-8(17-3)7-14(2)18(15,16)11-6-9(13)4-5-10(11)12/h4-6,8H,7,13H2,1-3H3. The molecule has 5 nitrogen and oxygen atoms in total. The van der Waals surface area contributed by atoms with Gasteiger partial charge in [-0.3, -0.25) is 0 Å². The quantitative estimate of drug-likeness (QED) is 0.816. The molecule has 1 aromatic carbocycles. The van der Waals surface area contributed by atoms with E-state index in [1.165, 1.54) is 20.2 Å². The summed E-state index contributed by atoms with van der Waals surface area (Å²) in [5.41, 5.74) is 5.67. The van der Waals surface area contributed by atoms with Gasteiger partial charge in [0.15, 0.2) is 0 Å². The molecule has 0 bridgehead atoms. The number of anilines is 1. The summed E-state index contributed by atoms with van der Waals surface area (Å²) in [7, 11) is -1.05. The zero-order valence-corrected chi connectivity index (χ0v) is 11.4. The molecule has 1 rings (SSSR count). The molecule has 18 heavy (non-hydrogen) atoms. The zero-order valence-electron chi connectivity index (χ0n) is 10.6. The molecule has 1 aromatic rings. The minimum absolute atomic E-state index is 0.132. The first kappa shape index (κ1) is 14.9. The molecule has 0 aliphatic rings. The first-order chi connectivity index (χ1) is 8.28. The number of ether oxygens (including phenoxy) is 1. The van der Waals surface area contributed by atoms with Crippen LogP contribution in [0.5, 0.6) is 0 Å². The lowest BCUT2D eigenvalue weighted by atomic mass is 10.3. The Kier molecular flexibility index (Phi) is 4.66. The van der Waals surface area contributed by atoms with Gasteiger partial charge in [0, 0.05) is 26.4 Å². The molecule has 0 saturated carbocycles. The largest absolute Gasteiger partial charge is 0.399 e. The molecule has 0 amide bonds. The summed E-state index contributed by atoms with van der Waals surface area (Å²) in [5.74, 6) is -0.818. The Balaban J connectivity index is 3.09. The van der Waals surface area contributed by atoms with Crippen LogP contribution in [-0.2, 0) is 14.8 Å². The molecule has 0 fully saturated rings. The first-order valence-electron chi connectivity index (χ1n) is 5.33. The lowest BCUT2D eigenvalue weighted by molar-refractivity contribution is 0.104. The van der Waals surface area contributed by atoms with Gasteiger partial charge in [0.25, 0.3) is 0 Å². The lowest BCUT2D eigenvalue weighted by Gasteiger charge is -2.20. The van der Waals surface area contributed by atoms with Crippen LogP contribution in [0, 0.1) is 5.82 Å². The second-order valence-electron chi connectivity index (χ2n) is 4.02. The van der Waals surface area contributed by atoms with Gasteiger partial charge in [-0.2, -0.15) is 4.31 Å². The van der Waals surface area contributed by atoms with Crippen LogP contribution < -0.4 is 5.73 Å². The Hall–Kier alpha value is -1.18. The average Bonchev–Trinajstić information content (AvgIpc) is 2.31. The van der Waals surface area contributed by atoms with Gasteiger partial charge in [0.1, 0.15) is 10.7 Å². The van der Waals surface area contributed by atoms with Crippen molar-refractivity contribution >= 4 is 15.7 Å². The molecule has 0 aliphatic carbocycles. The van der Waals surface area contributed by atoms with Crippen molar-refractivity contribution in [3.05, 3.63) is 24.0 Å². The average molecular weight is 276 g/mol. The predicted octanol–water partition coefficient (Wildman–Crippen LogP) is 1.06. The van der Waals surface area contributed by atoms with E-state index in [9.17, 15) is 12.8 Å². The third-order valence-electron chi connectivity index (χ3n) is 2.56. The van der Waals surface area contributed by atoms with Crippen LogP contribution >= 0.6 is 0 Å². The van der Waals surface area contributed by atoms with Gasteiger partial charge in [-0.25, -0.2) is 12.8 Å². The van der Waals surface area contributed by atoms with E-state index in [0.29, 0.717) is 0 Å². The second-order valence-corrected chi connectivity index (χ2v) is 6.04. The topological polar surface area (TPSA) is 72.6 Å². The number of likely N-dealkylation sites (N-methyl/N-ethyl adjacent to an activating group) is 1. The third-order valence-corrected chi connectivity index (χ3v) is 4.40. The molecule has 1 unspecified atom stereocenters. The van der Waals surface area contributed by atoms with Gasteiger partial charge in [-0.05, 0) is 25.1 Å². The molecule has 0 heterocycles. The highest BCUT2D eigenvalue weighted by atomic mass is 32.2. The van der Waals surface area contributed by atoms with Gasteiger partial charge in [-0.1, -0.05) is 0 Å². The number of nitrogen functional groups attached to an aromatic ring is 1. The minimum atomic E-state index is -3.90. The van der Waals surface area contributed by atoms with Crippen LogP contribution in [0.3, 0.4) is 0 Å². The highest BCUT2D eigenvalue weighted by Crippen LogP contribution is 2.21. The van der Waals surface area contributed by atoms with Crippen molar-refractivity contribution in [3.63, 3.8) is 0 Å². The molecule has 7 heteroatoms. The van der Waals surface area contributed by atoms with Gasteiger partial charge < -0.3 is 10.5 Å². The fraction of sp³-hybridized carbons (Fsp3) is 0.455. The first-order valence-corrected chi connectivity index (χ1v) is 6.77. The fourth-order valence-electron chi connectivity index (χ4n) is 1.42. The van der Waals surface area contributed by atoms with Crippen molar-refractivity contribution in [2.24, 2.45) is 0 Å². The van der Waals surface area contributed by atoms with Crippen molar-refractivity contribution in [2.45, 2.75) is 17.9 Å². The van der Waals surface area contributed by atoms with Crippen LogP contribution in [0.2, 0.25) is 0 Å². The highest BCUT2D eigenvalue weighted by molar-refractivity contribution is 7.89. The van der Waals surface area contributed by atoms with Crippen molar-refractivity contribution in [3.8, 4) is 0 Å². The van der Waals surface area contributed by atoms with Gasteiger partial charge >= 0.3 is 0 Å². The molecular formula is C11H17FN2O3S. The molecule has 1 atom stereocenters. The number of methoxy groups -OCH3 is 1. The van der Waals surface area contributed by atoms with Gasteiger partial charge in [-0.15, -0.1) is 0 Å². The number of benzene rings is 1. The van der Waals surface area contributed by atoms with E-state index in [2.05, 4.69) is 0 Å². The molecule has 0 spiro atoms. The van der Waals surface area contributed by atoms with E-state index in [4.69, 9.17) is 10.5 Å². The van der Waals surface area contributed by atoms with E-state index in [0.717, 1.165) is 16.4 Å². The second kappa shape index (κ2) is 5.64. The van der Waals surface area contributed by atoms with E-state index >= 15 is 0 Å². The number of rotatable bonds is 5. The monoisotopic (exact) mass is 276 g/mol. The number of nitrogens with zero attached hydrogens (tertiary/aromatic N) is 1. The van der Waals surface area contributed by atoms with Crippen molar-refractivity contribution < 1.29 is 17.5 Å². The summed E-state index contributed by atoms with van der Waals surface area (Å²) < 4.78 is 43.8. The van der Waals surface area contributed by atoms with Gasteiger partial charge in [0.05, 0.1) is 6.10 Å². The Morgan fingerprint density at radius 3 is 2.67 bits per heavy atom. The van der Waals surface area contributed by atoms with Crippen molar-refractivity contribution in [1.29, 1.82) is 0 Å². The summed E-state index contributed by atoms with van der Waals surface area (Å²) in [4.78, 5) is -0.423. The normalized spacial score (nSPS) is 13.8. The molecule has 0 saturated heterocycles. The third kappa shape index (κ3) is 3.18. The van der Waals surface area contributed by atoms with E-state index in [1.54, 1.807) is 6.92 Å². The summed E-state index contributed by atoms with van der Waals surface area (Å²) in [5, 5.41) is 0. The summed E-state index contributed by atoms with van der Waals surface area (Å²) >= 11 is 0. The molecule has 0 radical (unpaired) electrons. The van der Waals surface area contributed by atoms with Crippen LogP contribution in [0.15, 0.2) is 23.1 Å². The van der Waals surface area contributed by atoms with Crippen molar-refractivity contribution in [2.75, 3.05) is 26.4 Å².